The Hall–Kier alpha value is -2.16. The molecule has 0 radical (unpaired) electrons. The molecule has 1 aromatic carbocycles. The molecule has 15 heavy (non-hydrogen) atoms. The molecule has 1 heterocycles. The molecule has 3 nitrogen and oxygen atoms in total. The highest BCUT2D eigenvalue weighted by molar-refractivity contribution is 5.73. The van der Waals surface area contributed by atoms with E-state index >= 15 is 0 Å². The van der Waals surface area contributed by atoms with Crippen molar-refractivity contribution in [1.82, 2.24) is 9.97 Å². The van der Waals surface area contributed by atoms with Gasteiger partial charge in [-0.15, -0.1) is 0 Å². The van der Waals surface area contributed by atoms with Gasteiger partial charge in [-0.2, -0.15) is 0 Å². The number of aromatic amines is 1. The number of imidazole rings is 1. The number of nitrogens with one attached hydrogen (secondary N) is 1. The molecule has 0 saturated heterocycles. The van der Waals surface area contributed by atoms with E-state index in [-0.39, 0.29) is 0 Å². The van der Waals surface area contributed by atoms with Gasteiger partial charge in [-0.25, -0.2) is 4.98 Å². The Morgan fingerprint density at radius 3 is 2.60 bits per heavy atom. The van der Waals surface area contributed by atoms with E-state index in [2.05, 4.69) is 9.97 Å². The monoisotopic (exact) mass is 198 g/mol. The van der Waals surface area contributed by atoms with Gasteiger partial charge in [0.05, 0.1) is 0 Å². The van der Waals surface area contributed by atoms with E-state index in [4.69, 9.17) is 0 Å². The molecule has 0 atom stereocenters. The third kappa shape index (κ3) is 2.40. The summed E-state index contributed by atoms with van der Waals surface area (Å²) >= 11 is 0. The van der Waals surface area contributed by atoms with Gasteiger partial charge in [0.15, 0.2) is 6.29 Å². The molecule has 0 aliphatic heterocycles. The van der Waals surface area contributed by atoms with Gasteiger partial charge in [-0.3, -0.25) is 4.79 Å². The first-order valence-electron chi connectivity index (χ1n) is 4.62. The van der Waals surface area contributed by atoms with Crippen molar-refractivity contribution in [3.05, 3.63) is 53.6 Å². The number of hydrogen-bond donors (Lipinski definition) is 1. The summed E-state index contributed by atoms with van der Waals surface area (Å²) in [4.78, 5) is 17.3. The lowest BCUT2D eigenvalue weighted by atomic mass is 10.2. The first-order valence-corrected chi connectivity index (χ1v) is 4.62. The van der Waals surface area contributed by atoms with Crippen LogP contribution in [0.2, 0.25) is 0 Å². The Bertz CT molecular complexity index is 471. The molecular weight excluding hydrogens is 188 g/mol. The zero-order valence-corrected chi connectivity index (χ0v) is 8.05. The van der Waals surface area contributed by atoms with Crippen LogP contribution in [0.15, 0.2) is 36.5 Å². The quantitative estimate of drug-likeness (QED) is 0.769. The van der Waals surface area contributed by atoms with Crippen LogP contribution in [0.1, 0.15) is 21.9 Å². The average molecular weight is 198 g/mol. The molecule has 0 bridgehead atoms. The summed E-state index contributed by atoms with van der Waals surface area (Å²) in [6, 6.07) is 9.91. The van der Waals surface area contributed by atoms with Gasteiger partial charge in [-0.1, -0.05) is 36.4 Å². The number of benzene rings is 1. The van der Waals surface area contributed by atoms with Crippen LogP contribution in [0.5, 0.6) is 0 Å². The molecule has 74 valence electrons. The second kappa shape index (κ2) is 4.37. The predicted molar refractivity (Wildman–Crippen MR) is 59.3 cm³/mol. The van der Waals surface area contributed by atoms with Crippen LogP contribution in [0, 0.1) is 0 Å². The van der Waals surface area contributed by atoms with Gasteiger partial charge in [-0.05, 0) is 11.6 Å². The van der Waals surface area contributed by atoms with Crippen LogP contribution in [0.25, 0.3) is 12.2 Å². The predicted octanol–water partition coefficient (Wildman–Crippen LogP) is 2.39. The van der Waals surface area contributed by atoms with Crippen molar-refractivity contribution in [2.45, 2.75) is 0 Å². The second-order valence-electron chi connectivity index (χ2n) is 3.07. The first kappa shape index (κ1) is 9.40. The van der Waals surface area contributed by atoms with Crippen LogP contribution in [0.3, 0.4) is 0 Å². The molecule has 0 aliphatic rings. The zero-order chi connectivity index (χ0) is 10.5. The summed E-state index contributed by atoms with van der Waals surface area (Å²) < 4.78 is 0. The van der Waals surface area contributed by atoms with Crippen LogP contribution in [-0.4, -0.2) is 16.3 Å². The second-order valence-corrected chi connectivity index (χ2v) is 3.07. The van der Waals surface area contributed by atoms with E-state index in [1.54, 1.807) is 6.20 Å². The topological polar surface area (TPSA) is 45.8 Å². The number of aromatic nitrogens is 2. The van der Waals surface area contributed by atoms with Crippen LogP contribution in [-0.2, 0) is 0 Å². The maximum Gasteiger partial charge on any atom is 0.170 e. The van der Waals surface area contributed by atoms with E-state index in [1.165, 1.54) is 0 Å². The maximum absolute atomic E-state index is 10.4. The Labute approximate surface area is 87.5 Å². The van der Waals surface area contributed by atoms with Gasteiger partial charge >= 0.3 is 0 Å². The number of H-pyrrole nitrogens is 1. The summed E-state index contributed by atoms with van der Waals surface area (Å²) in [6.45, 7) is 0. The lowest BCUT2D eigenvalue weighted by molar-refractivity contribution is 0.111. The third-order valence-electron chi connectivity index (χ3n) is 1.97. The zero-order valence-electron chi connectivity index (χ0n) is 8.05. The largest absolute Gasteiger partial charge is 0.344 e. The van der Waals surface area contributed by atoms with Gasteiger partial charge in [0.2, 0.25) is 0 Å². The molecule has 0 aliphatic carbocycles. The van der Waals surface area contributed by atoms with Crippen LogP contribution < -0.4 is 0 Å². The Kier molecular flexibility index (Phi) is 2.74. The highest BCUT2D eigenvalue weighted by Gasteiger charge is 1.94. The minimum absolute atomic E-state index is 0.419. The number of nitrogens with zero attached hydrogens (tertiary/aromatic N) is 1. The SMILES string of the molecule is O=Cc1c[nH]c(C=Cc2ccccc2)n1. The molecule has 0 fully saturated rings. The number of aldehydes is 1. The average Bonchev–Trinajstić information content (AvgIpc) is 2.76. The summed E-state index contributed by atoms with van der Waals surface area (Å²) in [6.07, 6.45) is 6.07. The van der Waals surface area contributed by atoms with E-state index in [0.29, 0.717) is 11.5 Å². The van der Waals surface area contributed by atoms with Crippen molar-refractivity contribution in [3.63, 3.8) is 0 Å². The Morgan fingerprint density at radius 2 is 1.93 bits per heavy atom. The normalized spacial score (nSPS) is 10.7. The summed E-state index contributed by atoms with van der Waals surface area (Å²) in [5.74, 6) is 0.681. The fraction of sp³-hybridized carbons (Fsp3) is 0. The van der Waals surface area contributed by atoms with Crippen molar-refractivity contribution in [3.8, 4) is 0 Å². The van der Waals surface area contributed by atoms with Gasteiger partial charge < -0.3 is 4.98 Å². The van der Waals surface area contributed by atoms with Crippen molar-refractivity contribution in [1.29, 1.82) is 0 Å². The molecule has 0 amide bonds. The van der Waals surface area contributed by atoms with Gasteiger partial charge in [0.1, 0.15) is 11.5 Å². The molecule has 2 rings (SSSR count). The molecular formula is C12H10N2O. The molecule has 0 unspecified atom stereocenters. The smallest absolute Gasteiger partial charge is 0.170 e. The number of carbonyl (C=O) groups excluding carboxylic acids is 1. The van der Waals surface area contributed by atoms with E-state index in [0.717, 1.165) is 11.8 Å². The molecule has 1 aromatic heterocycles. The molecule has 0 saturated carbocycles. The van der Waals surface area contributed by atoms with Crippen molar-refractivity contribution in [2.75, 3.05) is 0 Å². The fourth-order valence-corrected chi connectivity index (χ4v) is 1.24. The molecule has 2 aromatic rings. The van der Waals surface area contributed by atoms with E-state index in [9.17, 15) is 4.79 Å². The lowest BCUT2D eigenvalue weighted by Gasteiger charge is -1.89. The van der Waals surface area contributed by atoms with Gasteiger partial charge in [0.25, 0.3) is 0 Å². The Morgan fingerprint density at radius 1 is 1.13 bits per heavy atom. The highest BCUT2D eigenvalue weighted by atomic mass is 16.1. The highest BCUT2D eigenvalue weighted by Crippen LogP contribution is 2.04. The fourth-order valence-electron chi connectivity index (χ4n) is 1.24. The number of rotatable bonds is 3. The Balaban J connectivity index is 2.15. The van der Waals surface area contributed by atoms with Gasteiger partial charge in [0, 0.05) is 6.20 Å². The summed E-state index contributed by atoms with van der Waals surface area (Å²) in [5, 5.41) is 0. The lowest BCUT2D eigenvalue weighted by Crippen LogP contribution is -1.78. The van der Waals surface area contributed by atoms with E-state index in [1.807, 2.05) is 42.5 Å². The number of carbonyl (C=O) groups is 1. The van der Waals surface area contributed by atoms with Crippen molar-refractivity contribution < 1.29 is 4.79 Å². The summed E-state index contributed by atoms with van der Waals surface area (Å²) in [5.41, 5.74) is 1.52. The molecule has 3 heteroatoms. The van der Waals surface area contributed by atoms with Crippen LogP contribution in [0.4, 0.5) is 0 Å². The standard InChI is InChI=1S/C12H10N2O/c15-9-11-8-13-12(14-11)7-6-10-4-2-1-3-5-10/h1-9H,(H,13,14). The number of hydrogen-bond acceptors (Lipinski definition) is 2. The molecule has 0 spiro atoms. The van der Waals surface area contributed by atoms with Crippen LogP contribution >= 0.6 is 0 Å². The summed E-state index contributed by atoms with van der Waals surface area (Å²) in [7, 11) is 0. The first-order chi connectivity index (χ1) is 7.38. The maximum atomic E-state index is 10.4. The van der Waals surface area contributed by atoms with Crippen molar-refractivity contribution in [2.24, 2.45) is 0 Å². The van der Waals surface area contributed by atoms with Crippen molar-refractivity contribution >= 4 is 18.4 Å². The minimum Gasteiger partial charge on any atom is -0.344 e. The minimum atomic E-state index is 0.419. The van der Waals surface area contributed by atoms with E-state index < -0.39 is 0 Å². The molecule has 1 N–H and O–H groups in total. The third-order valence-corrected chi connectivity index (χ3v) is 1.97.